The van der Waals surface area contributed by atoms with Crippen LogP contribution < -0.4 is 5.32 Å². The fraction of sp³-hybridized carbons (Fsp3) is 0.200. The van der Waals surface area contributed by atoms with Gasteiger partial charge in [-0.05, 0) is 53.6 Å². The second-order valence-corrected chi connectivity index (χ2v) is 7.21. The van der Waals surface area contributed by atoms with Crippen LogP contribution in [0.2, 0.25) is 0 Å². The number of carbonyl (C=O) groups is 1. The van der Waals surface area contributed by atoms with Crippen LogP contribution >= 0.6 is 11.3 Å². The van der Waals surface area contributed by atoms with Crippen molar-refractivity contribution in [2.24, 2.45) is 0 Å². The minimum atomic E-state index is -0.501. The molecule has 1 aliphatic rings. The normalized spacial score (nSPS) is 14.9. The molecule has 0 bridgehead atoms. The summed E-state index contributed by atoms with van der Waals surface area (Å²) in [5, 5.41) is 5.06. The van der Waals surface area contributed by atoms with Gasteiger partial charge in [0.05, 0.1) is 16.0 Å². The Balaban J connectivity index is 1.51. The number of rotatable bonds is 5. The van der Waals surface area contributed by atoms with Crippen molar-refractivity contribution in [3.63, 3.8) is 0 Å². The molecule has 3 aromatic rings. The Morgan fingerprint density at radius 1 is 1.16 bits per heavy atom. The van der Waals surface area contributed by atoms with E-state index in [2.05, 4.69) is 10.3 Å². The zero-order valence-electron chi connectivity index (χ0n) is 13.5. The molecule has 1 fully saturated rings. The molecule has 1 amide bonds. The summed E-state index contributed by atoms with van der Waals surface area (Å²) in [7, 11) is 0. The Morgan fingerprint density at radius 2 is 1.96 bits per heavy atom. The number of hydrogen-bond donors (Lipinski definition) is 1. The van der Waals surface area contributed by atoms with Crippen LogP contribution in [0, 0.1) is 5.82 Å². The fourth-order valence-electron chi connectivity index (χ4n) is 3.10. The van der Waals surface area contributed by atoms with Crippen LogP contribution in [0.1, 0.15) is 24.0 Å². The average molecular weight is 352 g/mol. The molecule has 0 aliphatic heterocycles. The predicted octanol–water partition coefficient (Wildman–Crippen LogP) is 4.30. The Labute approximate surface area is 149 Å². The molecule has 2 heterocycles. The third-order valence-electron chi connectivity index (χ3n) is 4.67. The Hall–Kier alpha value is -2.53. The van der Waals surface area contributed by atoms with Crippen molar-refractivity contribution in [2.75, 3.05) is 0 Å². The number of halogens is 1. The smallest absolute Gasteiger partial charge is 0.230 e. The van der Waals surface area contributed by atoms with Crippen molar-refractivity contribution in [1.29, 1.82) is 0 Å². The van der Waals surface area contributed by atoms with E-state index in [1.54, 1.807) is 29.7 Å². The van der Waals surface area contributed by atoms with Crippen LogP contribution in [-0.2, 0) is 16.8 Å². The lowest BCUT2D eigenvalue weighted by molar-refractivity contribution is -0.123. The summed E-state index contributed by atoms with van der Waals surface area (Å²) >= 11 is 1.63. The number of nitrogens with one attached hydrogen (secondary N) is 1. The molecule has 1 aliphatic carbocycles. The lowest BCUT2D eigenvalue weighted by Crippen LogP contribution is -2.34. The second-order valence-electron chi connectivity index (χ2n) is 6.26. The zero-order chi connectivity index (χ0) is 17.3. The SMILES string of the molecule is O=C(NCc1cccnc1-c1cccs1)C1(c2ccc(F)cc2)CC1. The summed E-state index contributed by atoms with van der Waals surface area (Å²) in [5.41, 5.74) is 2.28. The predicted molar refractivity (Wildman–Crippen MR) is 96.7 cm³/mol. The van der Waals surface area contributed by atoms with Gasteiger partial charge in [-0.3, -0.25) is 9.78 Å². The van der Waals surface area contributed by atoms with Gasteiger partial charge >= 0.3 is 0 Å². The number of benzene rings is 1. The van der Waals surface area contributed by atoms with E-state index in [0.29, 0.717) is 6.54 Å². The second kappa shape index (κ2) is 6.41. The molecule has 4 rings (SSSR count). The summed E-state index contributed by atoms with van der Waals surface area (Å²) in [6, 6.07) is 14.1. The van der Waals surface area contributed by atoms with E-state index in [0.717, 1.165) is 34.5 Å². The first kappa shape index (κ1) is 16.0. The molecule has 1 saturated carbocycles. The highest BCUT2D eigenvalue weighted by Crippen LogP contribution is 2.48. The fourth-order valence-corrected chi connectivity index (χ4v) is 3.86. The minimum Gasteiger partial charge on any atom is -0.351 e. The zero-order valence-corrected chi connectivity index (χ0v) is 14.4. The third-order valence-corrected chi connectivity index (χ3v) is 5.54. The van der Waals surface area contributed by atoms with Crippen LogP contribution in [0.3, 0.4) is 0 Å². The van der Waals surface area contributed by atoms with Crippen molar-refractivity contribution in [3.05, 3.63) is 77.1 Å². The van der Waals surface area contributed by atoms with E-state index in [4.69, 9.17) is 0 Å². The molecule has 1 N–H and O–H groups in total. The molecule has 0 saturated heterocycles. The summed E-state index contributed by atoms with van der Waals surface area (Å²) in [6.07, 6.45) is 3.37. The van der Waals surface area contributed by atoms with Crippen LogP contribution in [0.5, 0.6) is 0 Å². The van der Waals surface area contributed by atoms with Gasteiger partial charge in [-0.15, -0.1) is 11.3 Å². The summed E-state index contributed by atoms with van der Waals surface area (Å²) in [5.74, 6) is -0.281. The number of hydrogen-bond acceptors (Lipinski definition) is 3. The molecule has 0 radical (unpaired) electrons. The van der Waals surface area contributed by atoms with Crippen LogP contribution in [0.15, 0.2) is 60.1 Å². The number of thiophene rings is 1. The maximum absolute atomic E-state index is 13.1. The molecular weight excluding hydrogens is 335 g/mol. The molecular formula is C20H17FN2OS. The van der Waals surface area contributed by atoms with E-state index in [9.17, 15) is 9.18 Å². The first-order valence-electron chi connectivity index (χ1n) is 8.21. The molecule has 25 heavy (non-hydrogen) atoms. The van der Waals surface area contributed by atoms with Gasteiger partial charge in [0.25, 0.3) is 0 Å². The highest BCUT2D eigenvalue weighted by Gasteiger charge is 2.51. The van der Waals surface area contributed by atoms with E-state index < -0.39 is 5.41 Å². The van der Waals surface area contributed by atoms with Crippen molar-refractivity contribution >= 4 is 17.2 Å². The largest absolute Gasteiger partial charge is 0.351 e. The maximum atomic E-state index is 13.1. The molecule has 0 spiro atoms. The summed E-state index contributed by atoms with van der Waals surface area (Å²) in [6.45, 7) is 0.433. The van der Waals surface area contributed by atoms with Gasteiger partial charge in [-0.1, -0.05) is 24.3 Å². The third kappa shape index (κ3) is 3.07. The van der Waals surface area contributed by atoms with Crippen molar-refractivity contribution in [3.8, 4) is 10.6 Å². The topological polar surface area (TPSA) is 42.0 Å². The lowest BCUT2D eigenvalue weighted by Gasteiger charge is -2.16. The van der Waals surface area contributed by atoms with Crippen molar-refractivity contribution < 1.29 is 9.18 Å². The van der Waals surface area contributed by atoms with Crippen LogP contribution in [0.25, 0.3) is 10.6 Å². The number of pyridine rings is 1. The molecule has 3 nitrogen and oxygen atoms in total. The first-order chi connectivity index (χ1) is 12.2. The summed E-state index contributed by atoms with van der Waals surface area (Å²) < 4.78 is 13.1. The Morgan fingerprint density at radius 3 is 2.64 bits per heavy atom. The van der Waals surface area contributed by atoms with E-state index in [1.165, 1.54) is 12.1 Å². The van der Waals surface area contributed by atoms with Gasteiger partial charge in [-0.2, -0.15) is 0 Å². The maximum Gasteiger partial charge on any atom is 0.230 e. The highest BCUT2D eigenvalue weighted by atomic mass is 32.1. The molecule has 0 atom stereocenters. The van der Waals surface area contributed by atoms with Gasteiger partial charge in [0.15, 0.2) is 0 Å². The summed E-state index contributed by atoms with van der Waals surface area (Å²) in [4.78, 5) is 18.3. The van der Waals surface area contributed by atoms with Crippen LogP contribution in [-0.4, -0.2) is 10.9 Å². The number of carbonyl (C=O) groups excluding carboxylic acids is 1. The van der Waals surface area contributed by atoms with Gasteiger partial charge < -0.3 is 5.32 Å². The van der Waals surface area contributed by atoms with E-state index in [-0.39, 0.29) is 11.7 Å². The highest BCUT2D eigenvalue weighted by molar-refractivity contribution is 7.13. The van der Waals surface area contributed by atoms with Gasteiger partial charge in [-0.25, -0.2) is 4.39 Å². The molecule has 2 aromatic heterocycles. The first-order valence-corrected chi connectivity index (χ1v) is 9.09. The monoisotopic (exact) mass is 352 g/mol. The van der Waals surface area contributed by atoms with E-state index >= 15 is 0 Å². The number of aromatic nitrogens is 1. The molecule has 0 unspecified atom stereocenters. The van der Waals surface area contributed by atoms with Gasteiger partial charge in [0, 0.05) is 12.7 Å². The molecule has 126 valence electrons. The van der Waals surface area contributed by atoms with Crippen LogP contribution in [0.4, 0.5) is 4.39 Å². The minimum absolute atomic E-state index is 0.0000841. The Kier molecular flexibility index (Phi) is 4.09. The van der Waals surface area contributed by atoms with Crippen molar-refractivity contribution in [2.45, 2.75) is 24.8 Å². The Bertz CT molecular complexity index is 886. The van der Waals surface area contributed by atoms with E-state index in [1.807, 2.05) is 29.6 Å². The number of amides is 1. The number of nitrogens with zero attached hydrogens (tertiary/aromatic N) is 1. The standard InChI is InChI=1S/C20H17FN2OS/c21-16-7-5-15(6-8-16)20(9-10-20)19(24)23-13-14-3-1-11-22-18(14)17-4-2-12-25-17/h1-8,11-12H,9-10,13H2,(H,23,24). The molecule has 1 aromatic carbocycles. The average Bonchev–Trinajstić information content (AvgIpc) is 3.27. The quantitative estimate of drug-likeness (QED) is 0.744. The molecule has 5 heteroatoms. The van der Waals surface area contributed by atoms with Gasteiger partial charge in [0.1, 0.15) is 5.82 Å². The van der Waals surface area contributed by atoms with Crippen molar-refractivity contribution in [1.82, 2.24) is 10.3 Å². The van der Waals surface area contributed by atoms with Gasteiger partial charge in [0.2, 0.25) is 5.91 Å². The lowest BCUT2D eigenvalue weighted by atomic mass is 9.95.